The first-order valence-electron chi connectivity index (χ1n) is 7.10. The van der Waals surface area contributed by atoms with Crippen molar-refractivity contribution in [3.05, 3.63) is 12.7 Å². The van der Waals surface area contributed by atoms with E-state index in [0.717, 1.165) is 6.42 Å². The first kappa shape index (κ1) is 19.5. The first-order valence-corrected chi connectivity index (χ1v) is 7.10. The third-order valence-corrected chi connectivity index (χ3v) is 2.91. The second-order valence-electron chi connectivity index (χ2n) is 4.55. The zero-order chi connectivity index (χ0) is 12.8. The van der Waals surface area contributed by atoms with Gasteiger partial charge in [-0.1, -0.05) is 71.3 Å². The number of carbonyl (C=O) groups excluding carboxylic acids is 1. The van der Waals surface area contributed by atoms with Crippen LogP contribution in [0.2, 0.25) is 0 Å². The third kappa shape index (κ3) is 15.2. The van der Waals surface area contributed by atoms with Gasteiger partial charge in [0.25, 0.3) is 0 Å². The lowest BCUT2D eigenvalue weighted by Gasteiger charge is -2.03. The van der Waals surface area contributed by atoms with Crippen LogP contribution in [-0.2, 0) is 9.53 Å². The Kier molecular flexibility index (Phi) is 17.5. The number of rotatable bonds is 12. The molecule has 0 radical (unpaired) electrons. The van der Waals surface area contributed by atoms with Crippen molar-refractivity contribution in [1.82, 2.24) is 6.15 Å². The molecule has 0 aromatic rings. The Hall–Kier alpha value is -0.830. The topological polar surface area (TPSA) is 61.3 Å². The Balaban J connectivity index is 0. The van der Waals surface area contributed by atoms with Crippen LogP contribution in [-0.4, -0.2) is 12.6 Å². The summed E-state index contributed by atoms with van der Waals surface area (Å²) in [4.78, 5) is 10.7. The summed E-state index contributed by atoms with van der Waals surface area (Å²) in [5, 5.41) is 0. The normalized spacial score (nSPS) is 9.61. The minimum absolute atomic E-state index is 0. The van der Waals surface area contributed by atoms with Gasteiger partial charge < -0.3 is 10.9 Å². The largest absolute Gasteiger partial charge is 0.463 e. The molecular formula is C15H31NO2. The van der Waals surface area contributed by atoms with Crippen LogP contribution in [0.3, 0.4) is 0 Å². The summed E-state index contributed by atoms with van der Waals surface area (Å²) >= 11 is 0. The number of hydrogen-bond donors (Lipinski definition) is 1. The molecule has 0 bridgehead atoms. The SMILES string of the molecule is C=CC(=O)OCCCCCCCCCCCC.N. The maximum atomic E-state index is 10.7. The zero-order valence-electron chi connectivity index (χ0n) is 12.1. The van der Waals surface area contributed by atoms with Gasteiger partial charge in [0, 0.05) is 6.08 Å². The molecule has 0 rings (SSSR count). The Morgan fingerprint density at radius 2 is 1.39 bits per heavy atom. The van der Waals surface area contributed by atoms with Gasteiger partial charge in [0.15, 0.2) is 0 Å². The minimum Gasteiger partial charge on any atom is -0.463 e. The molecule has 0 aliphatic heterocycles. The van der Waals surface area contributed by atoms with Crippen molar-refractivity contribution in [1.29, 1.82) is 0 Å². The molecule has 0 aromatic carbocycles. The van der Waals surface area contributed by atoms with Gasteiger partial charge in [-0.25, -0.2) is 4.79 Å². The summed E-state index contributed by atoms with van der Waals surface area (Å²) in [5.74, 6) is -0.305. The van der Waals surface area contributed by atoms with Crippen LogP contribution < -0.4 is 6.15 Å². The maximum Gasteiger partial charge on any atom is 0.330 e. The molecular weight excluding hydrogens is 226 g/mol. The number of ether oxygens (including phenoxy) is 1. The molecule has 0 saturated heterocycles. The van der Waals surface area contributed by atoms with E-state index in [9.17, 15) is 4.79 Å². The molecule has 0 saturated carbocycles. The van der Waals surface area contributed by atoms with Gasteiger partial charge in [-0.3, -0.25) is 0 Å². The van der Waals surface area contributed by atoms with Crippen molar-refractivity contribution in [2.24, 2.45) is 0 Å². The molecule has 3 heteroatoms. The molecule has 0 unspecified atom stereocenters. The van der Waals surface area contributed by atoms with E-state index in [4.69, 9.17) is 4.74 Å². The zero-order valence-corrected chi connectivity index (χ0v) is 12.1. The van der Waals surface area contributed by atoms with Crippen molar-refractivity contribution < 1.29 is 9.53 Å². The molecule has 0 heterocycles. The van der Waals surface area contributed by atoms with Crippen LogP contribution >= 0.6 is 0 Å². The summed E-state index contributed by atoms with van der Waals surface area (Å²) in [7, 11) is 0. The molecule has 0 aliphatic carbocycles. The van der Waals surface area contributed by atoms with Crippen LogP contribution in [0.4, 0.5) is 0 Å². The second kappa shape index (κ2) is 16.2. The van der Waals surface area contributed by atoms with Gasteiger partial charge in [0.2, 0.25) is 0 Å². The molecule has 108 valence electrons. The Morgan fingerprint density at radius 1 is 0.944 bits per heavy atom. The fourth-order valence-electron chi connectivity index (χ4n) is 1.82. The van der Waals surface area contributed by atoms with Crippen LogP contribution in [0.5, 0.6) is 0 Å². The maximum absolute atomic E-state index is 10.7. The molecule has 18 heavy (non-hydrogen) atoms. The highest BCUT2D eigenvalue weighted by molar-refractivity contribution is 5.81. The van der Waals surface area contributed by atoms with E-state index >= 15 is 0 Å². The van der Waals surface area contributed by atoms with Gasteiger partial charge in [0.05, 0.1) is 6.61 Å². The highest BCUT2D eigenvalue weighted by Crippen LogP contribution is 2.10. The number of carbonyl (C=O) groups is 1. The fraction of sp³-hybridized carbons (Fsp3) is 0.800. The van der Waals surface area contributed by atoms with E-state index in [1.807, 2.05) is 0 Å². The Labute approximate surface area is 113 Å². The van der Waals surface area contributed by atoms with Crippen LogP contribution in [0.1, 0.15) is 71.1 Å². The molecule has 0 fully saturated rings. The van der Waals surface area contributed by atoms with Gasteiger partial charge in [-0.05, 0) is 6.42 Å². The predicted octanol–water partition coefficient (Wildman–Crippen LogP) is 4.80. The Bertz CT molecular complexity index is 193. The van der Waals surface area contributed by atoms with E-state index in [1.54, 1.807) is 0 Å². The standard InChI is InChI=1S/C15H28O2.H3N/c1-3-5-6-7-8-9-10-11-12-13-14-17-15(16)4-2;/h4H,2-3,5-14H2,1H3;1H3. The molecule has 0 spiro atoms. The molecule has 0 aromatic heterocycles. The van der Waals surface area contributed by atoms with Gasteiger partial charge in [-0.2, -0.15) is 0 Å². The lowest BCUT2D eigenvalue weighted by molar-refractivity contribution is -0.137. The van der Waals surface area contributed by atoms with Gasteiger partial charge >= 0.3 is 5.97 Å². The lowest BCUT2D eigenvalue weighted by atomic mass is 10.1. The number of esters is 1. The summed E-state index contributed by atoms with van der Waals surface area (Å²) < 4.78 is 4.91. The van der Waals surface area contributed by atoms with Gasteiger partial charge in [-0.15, -0.1) is 0 Å². The van der Waals surface area contributed by atoms with Crippen molar-refractivity contribution in [2.75, 3.05) is 6.61 Å². The summed E-state index contributed by atoms with van der Waals surface area (Å²) in [6.07, 6.45) is 14.2. The predicted molar refractivity (Wildman–Crippen MR) is 78.0 cm³/mol. The van der Waals surface area contributed by atoms with E-state index in [2.05, 4.69) is 13.5 Å². The monoisotopic (exact) mass is 257 g/mol. The average molecular weight is 257 g/mol. The molecule has 0 atom stereocenters. The Morgan fingerprint density at radius 3 is 1.83 bits per heavy atom. The molecule has 3 nitrogen and oxygen atoms in total. The van der Waals surface area contributed by atoms with Crippen molar-refractivity contribution in [2.45, 2.75) is 71.1 Å². The van der Waals surface area contributed by atoms with E-state index < -0.39 is 0 Å². The fourth-order valence-corrected chi connectivity index (χ4v) is 1.82. The smallest absolute Gasteiger partial charge is 0.330 e. The number of unbranched alkanes of at least 4 members (excludes halogenated alkanes) is 9. The second-order valence-corrected chi connectivity index (χ2v) is 4.55. The number of hydrogen-bond acceptors (Lipinski definition) is 3. The van der Waals surface area contributed by atoms with Crippen LogP contribution in [0.15, 0.2) is 12.7 Å². The summed E-state index contributed by atoms with van der Waals surface area (Å²) in [5.41, 5.74) is 0. The van der Waals surface area contributed by atoms with Gasteiger partial charge in [0.1, 0.15) is 0 Å². The van der Waals surface area contributed by atoms with Crippen molar-refractivity contribution in [3.63, 3.8) is 0 Å². The van der Waals surface area contributed by atoms with Crippen LogP contribution in [0.25, 0.3) is 0 Å². The average Bonchev–Trinajstić information content (AvgIpc) is 2.35. The van der Waals surface area contributed by atoms with Crippen molar-refractivity contribution in [3.8, 4) is 0 Å². The lowest BCUT2D eigenvalue weighted by Crippen LogP contribution is -2.01. The first-order chi connectivity index (χ1) is 8.31. The minimum atomic E-state index is -0.305. The van der Waals surface area contributed by atoms with Crippen molar-refractivity contribution >= 4 is 5.97 Å². The molecule has 3 N–H and O–H groups in total. The third-order valence-electron chi connectivity index (χ3n) is 2.91. The molecule has 0 amide bonds. The van der Waals surface area contributed by atoms with E-state index in [1.165, 1.54) is 63.9 Å². The highest BCUT2D eigenvalue weighted by atomic mass is 16.5. The van der Waals surface area contributed by atoms with E-state index in [0.29, 0.717) is 6.61 Å². The molecule has 0 aliphatic rings. The van der Waals surface area contributed by atoms with E-state index in [-0.39, 0.29) is 12.1 Å². The summed E-state index contributed by atoms with van der Waals surface area (Å²) in [6, 6.07) is 0. The highest BCUT2D eigenvalue weighted by Gasteiger charge is 1.95. The quantitative estimate of drug-likeness (QED) is 0.310. The summed E-state index contributed by atoms with van der Waals surface area (Å²) in [6.45, 7) is 6.15. The van der Waals surface area contributed by atoms with Crippen LogP contribution in [0, 0.1) is 0 Å².